The first kappa shape index (κ1) is 26.3. The molecule has 0 fully saturated rings. The Labute approximate surface area is 217 Å². The highest BCUT2D eigenvalue weighted by Crippen LogP contribution is 2.33. The Morgan fingerprint density at radius 1 is 0.974 bits per heavy atom. The topological polar surface area (TPSA) is 151 Å². The fraction of sp³-hybridized carbons (Fsp3) is 0.250. The molecule has 10 heteroatoms. The summed E-state index contributed by atoms with van der Waals surface area (Å²) < 4.78 is 11.5. The Balaban J connectivity index is 1.84. The first-order chi connectivity index (χ1) is 18.1. The minimum absolute atomic E-state index is 0.109. The second-order valence-electron chi connectivity index (χ2n) is 8.95. The van der Waals surface area contributed by atoms with Crippen LogP contribution < -0.4 is 15.9 Å². The van der Waals surface area contributed by atoms with Crippen molar-refractivity contribution >= 4 is 16.9 Å². The molecule has 0 aliphatic rings. The molecule has 0 amide bonds. The number of nitrogens with one attached hydrogen (secondary N) is 1. The van der Waals surface area contributed by atoms with Gasteiger partial charge in [0.1, 0.15) is 11.5 Å². The van der Waals surface area contributed by atoms with E-state index < -0.39 is 23.0 Å². The van der Waals surface area contributed by atoms with Gasteiger partial charge in [0.2, 0.25) is 0 Å². The van der Waals surface area contributed by atoms with Crippen LogP contribution in [0.15, 0.2) is 58.1 Å². The number of carbonyl (C=O) groups excluding carboxylic acids is 1. The highest BCUT2D eigenvalue weighted by molar-refractivity contribution is 5.81. The fourth-order valence-electron chi connectivity index (χ4n) is 4.54. The lowest BCUT2D eigenvalue weighted by molar-refractivity contribution is -0.140. The van der Waals surface area contributed by atoms with Gasteiger partial charge in [-0.25, -0.2) is 0 Å². The second-order valence-corrected chi connectivity index (χ2v) is 8.95. The molecule has 0 unspecified atom stereocenters. The van der Waals surface area contributed by atoms with E-state index in [4.69, 9.17) is 9.47 Å². The van der Waals surface area contributed by atoms with E-state index in [0.29, 0.717) is 34.3 Å². The number of pyridine rings is 2. The average molecular weight is 521 g/mol. The van der Waals surface area contributed by atoms with Crippen molar-refractivity contribution in [1.29, 1.82) is 0 Å². The van der Waals surface area contributed by atoms with Gasteiger partial charge < -0.3 is 34.3 Å². The smallest absolute Gasteiger partial charge is 0.306 e. The summed E-state index contributed by atoms with van der Waals surface area (Å²) in [5.41, 5.74) is 0.607. The number of H-pyrrole nitrogens is 1. The Morgan fingerprint density at radius 2 is 1.74 bits per heavy atom. The van der Waals surface area contributed by atoms with Crippen molar-refractivity contribution in [2.24, 2.45) is 0 Å². The summed E-state index contributed by atoms with van der Waals surface area (Å²) in [4.78, 5) is 42.1. The maximum Gasteiger partial charge on any atom is 0.306 e. The predicted molar refractivity (Wildman–Crippen MR) is 140 cm³/mol. The molecule has 2 aromatic carbocycles. The van der Waals surface area contributed by atoms with Gasteiger partial charge in [-0.15, -0.1) is 0 Å². The van der Waals surface area contributed by atoms with Crippen LogP contribution in [0.2, 0.25) is 0 Å². The molecule has 4 rings (SSSR count). The standard InChI is InChI=1S/C28H28N2O8/c1-15-10-24(33)26(28(36)30(15)9-8-16-4-7-22(31)23(32)11-16)19(14-25(34)38-3)20-13-17-12-18(37-2)5-6-21(17)29-27(20)35/h4-7,10-13,19,31-33H,8-9,14H2,1-3H3,(H,29,35)/t19-/m1/s1. The molecule has 198 valence electrons. The molecule has 0 spiro atoms. The van der Waals surface area contributed by atoms with Crippen molar-refractivity contribution in [3.05, 3.63) is 91.6 Å². The van der Waals surface area contributed by atoms with Crippen LogP contribution in [0.3, 0.4) is 0 Å². The molecule has 4 N–H and O–H groups in total. The molecule has 1 atom stereocenters. The molecule has 0 saturated carbocycles. The molecule has 2 aromatic heterocycles. The third-order valence-corrected chi connectivity index (χ3v) is 6.59. The van der Waals surface area contributed by atoms with Crippen molar-refractivity contribution in [3.8, 4) is 23.0 Å². The zero-order valence-corrected chi connectivity index (χ0v) is 21.1. The molecule has 4 aromatic rings. The van der Waals surface area contributed by atoms with E-state index in [1.54, 1.807) is 37.3 Å². The SMILES string of the molecule is COC(=O)C[C@H](c1cc2cc(OC)ccc2[nH]c1=O)c1c(O)cc(C)n(CCc2ccc(O)c(O)c2)c1=O. The predicted octanol–water partition coefficient (Wildman–Crippen LogP) is 3.06. The van der Waals surface area contributed by atoms with Crippen LogP contribution in [0.4, 0.5) is 0 Å². The Bertz CT molecular complexity index is 1640. The van der Waals surface area contributed by atoms with Gasteiger partial charge in [0.25, 0.3) is 11.1 Å². The lowest BCUT2D eigenvalue weighted by Crippen LogP contribution is -2.31. The second kappa shape index (κ2) is 10.7. The number of aromatic amines is 1. The van der Waals surface area contributed by atoms with Gasteiger partial charge >= 0.3 is 5.97 Å². The summed E-state index contributed by atoms with van der Waals surface area (Å²) in [5.74, 6) is -2.07. The molecular weight excluding hydrogens is 492 g/mol. The molecule has 0 radical (unpaired) electrons. The molecule has 0 aliphatic heterocycles. The number of esters is 1. The van der Waals surface area contributed by atoms with Crippen LogP contribution in [0.5, 0.6) is 23.0 Å². The van der Waals surface area contributed by atoms with E-state index in [1.165, 1.54) is 37.0 Å². The van der Waals surface area contributed by atoms with E-state index >= 15 is 0 Å². The van der Waals surface area contributed by atoms with E-state index in [2.05, 4.69) is 4.98 Å². The van der Waals surface area contributed by atoms with Crippen LogP contribution in [0.25, 0.3) is 10.9 Å². The number of aromatic nitrogens is 2. The van der Waals surface area contributed by atoms with Crippen molar-refractivity contribution in [2.45, 2.75) is 32.2 Å². The van der Waals surface area contributed by atoms with E-state index in [-0.39, 0.29) is 41.3 Å². The van der Waals surface area contributed by atoms with Crippen LogP contribution in [0.1, 0.15) is 34.7 Å². The van der Waals surface area contributed by atoms with Gasteiger partial charge in [-0.1, -0.05) is 6.07 Å². The Kier molecular flexibility index (Phi) is 7.43. The zero-order valence-electron chi connectivity index (χ0n) is 21.1. The van der Waals surface area contributed by atoms with Crippen LogP contribution >= 0.6 is 0 Å². The number of carbonyl (C=O) groups is 1. The first-order valence-corrected chi connectivity index (χ1v) is 11.8. The molecule has 10 nitrogen and oxygen atoms in total. The number of hydrogen-bond acceptors (Lipinski definition) is 8. The van der Waals surface area contributed by atoms with E-state index in [0.717, 1.165) is 0 Å². The Hall–Kier alpha value is -4.73. The number of ether oxygens (including phenoxy) is 2. The van der Waals surface area contributed by atoms with Crippen molar-refractivity contribution in [3.63, 3.8) is 0 Å². The van der Waals surface area contributed by atoms with Gasteiger partial charge in [0.05, 0.1) is 26.2 Å². The number of rotatable bonds is 8. The summed E-state index contributed by atoms with van der Waals surface area (Å²) in [6.45, 7) is 1.84. The first-order valence-electron chi connectivity index (χ1n) is 11.8. The fourth-order valence-corrected chi connectivity index (χ4v) is 4.54. The summed E-state index contributed by atoms with van der Waals surface area (Å²) in [6.07, 6.45) is -0.0242. The number of fused-ring (bicyclic) bond motifs is 1. The van der Waals surface area contributed by atoms with E-state index in [1.807, 2.05) is 0 Å². The minimum atomic E-state index is -1.10. The van der Waals surface area contributed by atoms with Crippen LogP contribution in [0, 0.1) is 6.92 Å². The summed E-state index contributed by atoms with van der Waals surface area (Å²) in [6, 6.07) is 12.5. The lowest BCUT2D eigenvalue weighted by Gasteiger charge is -2.20. The quantitative estimate of drug-likeness (QED) is 0.204. The third-order valence-electron chi connectivity index (χ3n) is 6.59. The van der Waals surface area contributed by atoms with Crippen molar-refractivity contribution in [2.75, 3.05) is 14.2 Å². The van der Waals surface area contributed by atoms with Crippen molar-refractivity contribution < 1.29 is 29.6 Å². The number of phenols is 2. The minimum Gasteiger partial charge on any atom is -0.507 e. The monoisotopic (exact) mass is 520 g/mol. The Morgan fingerprint density at radius 3 is 2.42 bits per heavy atom. The summed E-state index contributed by atoms with van der Waals surface area (Å²) in [7, 11) is 2.72. The number of methoxy groups -OCH3 is 2. The zero-order chi connectivity index (χ0) is 27.6. The van der Waals surface area contributed by atoms with Crippen LogP contribution in [-0.2, 0) is 22.5 Å². The number of phenolic OH excluding ortho intramolecular Hbond substituents is 2. The normalized spacial score (nSPS) is 11.9. The van der Waals surface area contributed by atoms with Gasteiger partial charge in [-0.2, -0.15) is 0 Å². The molecular formula is C28H28N2O8. The number of benzene rings is 2. The van der Waals surface area contributed by atoms with Gasteiger partial charge in [-0.3, -0.25) is 14.4 Å². The van der Waals surface area contributed by atoms with E-state index in [9.17, 15) is 29.7 Å². The summed E-state index contributed by atoms with van der Waals surface area (Å²) in [5, 5.41) is 30.9. The largest absolute Gasteiger partial charge is 0.507 e. The molecule has 0 saturated heterocycles. The summed E-state index contributed by atoms with van der Waals surface area (Å²) >= 11 is 0. The molecule has 2 heterocycles. The van der Waals surface area contributed by atoms with Gasteiger partial charge in [-0.05, 0) is 61.4 Å². The molecule has 38 heavy (non-hydrogen) atoms. The maximum absolute atomic E-state index is 13.7. The lowest BCUT2D eigenvalue weighted by atomic mass is 9.88. The highest BCUT2D eigenvalue weighted by atomic mass is 16.5. The maximum atomic E-state index is 13.7. The molecule has 0 bridgehead atoms. The average Bonchev–Trinajstić information content (AvgIpc) is 2.89. The number of aryl methyl sites for hydroxylation is 2. The highest BCUT2D eigenvalue weighted by Gasteiger charge is 2.29. The number of nitrogens with zero attached hydrogens (tertiary/aromatic N) is 1. The molecule has 0 aliphatic carbocycles. The number of aromatic hydroxyl groups is 3. The number of hydrogen-bond donors (Lipinski definition) is 4. The third kappa shape index (κ3) is 5.19. The van der Waals surface area contributed by atoms with Crippen LogP contribution in [-0.4, -0.2) is 45.1 Å². The van der Waals surface area contributed by atoms with Gasteiger partial charge in [0, 0.05) is 34.6 Å². The van der Waals surface area contributed by atoms with Crippen molar-refractivity contribution in [1.82, 2.24) is 9.55 Å². The van der Waals surface area contributed by atoms with Gasteiger partial charge in [0.15, 0.2) is 11.5 Å².